The lowest BCUT2D eigenvalue weighted by molar-refractivity contribution is -0.425. The Morgan fingerprint density at radius 2 is 1.76 bits per heavy atom. The van der Waals surface area contributed by atoms with Gasteiger partial charge in [0.2, 0.25) is 0 Å². The quantitative estimate of drug-likeness (QED) is 0.664. The van der Waals surface area contributed by atoms with Crippen LogP contribution in [0.4, 0.5) is 17.5 Å². The highest BCUT2D eigenvalue weighted by molar-refractivity contribution is 6.03. The molecule has 0 atom stereocenters. The topological polar surface area (TPSA) is 141 Å². The van der Waals surface area contributed by atoms with E-state index >= 15 is 0 Å². The molecule has 0 aliphatic heterocycles. The summed E-state index contributed by atoms with van der Waals surface area (Å²) in [4.78, 5) is 38.1. The van der Waals surface area contributed by atoms with Gasteiger partial charge in [-0.3, -0.25) is 20.2 Å². The van der Waals surface area contributed by atoms with Gasteiger partial charge in [0.25, 0.3) is 5.91 Å². The van der Waals surface area contributed by atoms with E-state index in [9.17, 15) is 25.0 Å². The molecule has 1 N–H and O–H groups in total. The van der Waals surface area contributed by atoms with E-state index in [4.69, 9.17) is 0 Å². The van der Waals surface area contributed by atoms with Crippen LogP contribution in [-0.4, -0.2) is 25.7 Å². The third kappa shape index (κ3) is 3.12. The molecule has 1 aromatic heterocycles. The van der Waals surface area contributed by atoms with Gasteiger partial charge in [-0.15, -0.1) is 0 Å². The molecule has 106 valence electrons. The van der Waals surface area contributed by atoms with Crippen molar-refractivity contribution in [3.8, 4) is 0 Å². The molecule has 0 aliphatic rings. The van der Waals surface area contributed by atoms with E-state index in [1.165, 1.54) is 12.1 Å². The van der Waals surface area contributed by atoms with Gasteiger partial charge in [0.1, 0.15) is 6.20 Å². The molecule has 2 rings (SSSR count). The average molecular weight is 289 g/mol. The number of aromatic nitrogens is 2. The summed E-state index contributed by atoms with van der Waals surface area (Å²) in [6.07, 6.45) is 0.672. The SMILES string of the molecule is O=C(Nc1ncc([N+](=O)[O-])c([N+](=O)[O-])n1)c1ccccc1. The second-order valence-corrected chi connectivity index (χ2v) is 3.74. The average Bonchev–Trinajstić information content (AvgIpc) is 2.47. The van der Waals surface area contributed by atoms with Crippen molar-refractivity contribution in [3.05, 3.63) is 62.3 Å². The Morgan fingerprint density at radius 3 is 2.33 bits per heavy atom. The Morgan fingerprint density at radius 1 is 1.10 bits per heavy atom. The zero-order valence-corrected chi connectivity index (χ0v) is 10.3. The van der Waals surface area contributed by atoms with Gasteiger partial charge in [-0.05, 0) is 17.1 Å². The van der Waals surface area contributed by atoms with Crippen LogP contribution in [0.5, 0.6) is 0 Å². The molecule has 1 amide bonds. The maximum absolute atomic E-state index is 11.8. The molecule has 21 heavy (non-hydrogen) atoms. The number of rotatable bonds is 4. The van der Waals surface area contributed by atoms with Gasteiger partial charge < -0.3 is 10.1 Å². The normalized spacial score (nSPS) is 9.90. The largest absolute Gasteiger partial charge is 0.447 e. The number of amides is 1. The van der Waals surface area contributed by atoms with Crippen LogP contribution in [0.25, 0.3) is 0 Å². The van der Waals surface area contributed by atoms with Gasteiger partial charge in [-0.1, -0.05) is 18.2 Å². The summed E-state index contributed by atoms with van der Waals surface area (Å²) in [5.41, 5.74) is -0.556. The van der Waals surface area contributed by atoms with E-state index in [-0.39, 0.29) is 5.95 Å². The number of anilines is 1. The molecule has 0 saturated heterocycles. The lowest BCUT2D eigenvalue weighted by Crippen LogP contribution is -2.15. The Hall–Kier alpha value is -3.43. The van der Waals surface area contributed by atoms with Gasteiger partial charge in [0.05, 0.1) is 4.92 Å². The van der Waals surface area contributed by atoms with E-state index in [0.717, 1.165) is 0 Å². The second kappa shape index (κ2) is 5.69. The van der Waals surface area contributed by atoms with Crippen molar-refractivity contribution in [2.24, 2.45) is 0 Å². The van der Waals surface area contributed by atoms with Crippen LogP contribution in [-0.2, 0) is 0 Å². The Kier molecular flexibility index (Phi) is 3.79. The highest BCUT2D eigenvalue weighted by Gasteiger charge is 2.28. The highest BCUT2D eigenvalue weighted by atomic mass is 16.6. The molecule has 0 fully saturated rings. The number of nitrogens with one attached hydrogen (secondary N) is 1. The summed E-state index contributed by atoms with van der Waals surface area (Å²) < 4.78 is 0. The Labute approximate surface area is 116 Å². The Bertz CT molecular complexity index is 718. The molecule has 0 bridgehead atoms. The third-order valence-corrected chi connectivity index (χ3v) is 2.38. The number of benzene rings is 1. The summed E-state index contributed by atoms with van der Waals surface area (Å²) in [6, 6.07) is 8.02. The van der Waals surface area contributed by atoms with Gasteiger partial charge in [0.15, 0.2) is 0 Å². The minimum Gasteiger partial charge on any atom is -0.358 e. The molecule has 0 aliphatic carbocycles. The number of nitro groups is 2. The zero-order valence-electron chi connectivity index (χ0n) is 10.3. The summed E-state index contributed by atoms with van der Waals surface area (Å²) in [5.74, 6) is -1.96. The third-order valence-electron chi connectivity index (χ3n) is 2.38. The second-order valence-electron chi connectivity index (χ2n) is 3.74. The predicted molar refractivity (Wildman–Crippen MR) is 69.7 cm³/mol. The van der Waals surface area contributed by atoms with E-state index in [0.29, 0.717) is 11.8 Å². The monoisotopic (exact) mass is 289 g/mol. The Balaban J connectivity index is 2.30. The molecule has 0 radical (unpaired) electrons. The lowest BCUT2D eigenvalue weighted by Gasteiger charge is -2.00. The first-order valence-corrected chi connectivity index (χ1v) is 5.51. The number of carbonyl (C=O) groups is 1. The van der Waals surface area contributed by atoms with Crippen molar-refractivity contribution in [1.29, 1.82) is 0 Å². The molecule has 10 nitrogen and oxygen atoms in total. The van der Waals surface area contributed by atoms with Crippen LogP contribution in [0.1, 0.15) is 10.4 Å². The van der Waals surface area contributed by atoms with Crippen molar-refractivity contribution in [2.45, 2.75) is 0 Å². The first kappa shape index (κ1) is 14.0. The van der Waals surface area contributed by atoms with Crippen molar-refractivity contribution in [2.75, 3.05) is 5.32 Å². The van der Waals surface area contributed by atoms with Crippen molar-refractivity contribution >= 4 is 23.4 Å². The van der Waals surface area contributed by atoms with Crippen LogP contribution in [0, 0.1) is 20.2 Å². The molecular formula is C11H7N5O5. The van der Waals surface area contributed by atoms with Crippen molar-refractivity contribution in [3.63, 3.8) is 0 Å². The minimum absolute atomic E-state index is 0.294. The molecule has 10 heteroatoms. The van der Waals surface area contributed by atoms with Crippen molar-refractivity contribution in [1.82, 2.24) is 9.97 Å². The molecule has 1 aromatic carbocycles. The van der Waals surface area contributed by atoms with Crippen LogP contribution < -0.4 is 5.32 Å². The van der Waals surface area contributed by atoms with E-state index in [1.807, 2.05) is 0 Å². The fourth-order valence-corrected chi connectivity index (χ4v) is 1.45. The molecule has 1 heterocycles. The van der Waals surface area contributed by atoms with Crippen LogP contribution in [0.15, 0.2) is 36.5 Å². The maximum Gasteiger partial charge on any atom is 0.447 e. The predicted octanol–water partition coefficient (Wildman–Crippen LogP) is 1.55. The van der Waals surface area contributed by atoms with Crippen LogP contribution in [0.2, 0.25) is 0 Å². The van der Waals surface area contributed by atoms with Gasteiger partial charge in [0, 0.05) is 10.5 Å². The first-order chi connectivity index (χ1) is 9.99. The summed E-state index contributed by atoms with van der Waals surface area (Å²) in [6.45, 7) is 0. The summed E-state index contributed by atoms with van der Waals surface area (Å²) in [7, 11) is 0. The fraction of sp³-hybridized carbons (Fsp3) is 0. The number of carbonyl (C=O) groups excluding carboxylic acids is 1. The van der Waals surface area contributed by atoms with Crippen LogP contribution >= 0.6 is 0 Å². The van der Waals surface area contributed by atoms with Crippen LogP contribution in [0.3, 0.4) is 0 Å². The maximum atomic E-state index is 11.8. The van der Waals surface area contributed by atoms with E-state index in [2.05, 4.69) is 15.3 Å². The number of nitrogens with zero attached hydrogens (tertiary/aromatic N) is 4. The van der Waals surface area contributed by atoms with E-state index < -0.39 is 27.3 Å². The molecule has 0 saturated carbocycles. The highest BCUT2D eigenvalue weighted by Crippen LogP contribution is 2.23. The van der Waals surface area contributed by atoms with Gasteiger partial charge >= 0.3 is 17.5 Å². The first-order valence-electron chi connectivity index (χ1n) is 5.51. The lowest BCUT2D eigenvalue weighted by atomic mass is 10.2. The molecule has 2 aromatic rings. The number of hydrogen-bond donors (Lipinski definition) is 1. The van der Waals surface area contributed by atoms with Gasteiger partial charge in [-0.25, -0.2) is 0 Å². The minimum atomic E-state index is -1.02. The zero-order chi connectivity index (χ0) is 15.4. The molecule has 0 unspecified atom stereocenters. The van der Waals surface area contributed by atoms with Crippen molar-refractivity contribution < 1.29 is 14.6 Å². The summed E-state index contributed by atoms with van der Waals surface area (Å²) >= 11 is 0. The standard InChI is InChI=1S/C11H7N5O5/c17-10(7-4-2-1-3-5-7)14-11-12-6-8(15(18)19)9(13-11)16(20)21/h1-6H,(H,12,13,14,17). The van der Waals surface area contributed by atoms with E-state index in [1.54, 1.807) is 18.2 Å². The molecular weight excluding hydrogens is 282 g/mol. The smallest absolute Gasteiger partial charge is 0.358 e. The molecule has 0 spiro atoms. The number of hydrogen-bond acceptors (Lipinski definition) is 7. The van der Waals surface area contributed by atoms with Gasteiger partial charge in [-0.2, -0.15) is 4.98 Å². The fourth-order valence-electron chi connectivity index (χ4n) is 1.45. The summed E-state index contributed by atoms with van der Waals surface area (Å²) in [5, 5.41) is 23.6.